The van der Waals surface area contributed by atoms with Crippen molar-refractivity contribution in [3.8, 4) is 11.4 Å². The maximum absolute atomic E-state index is 11.0. The summed E-state index contributed by atoms with van der Waals surface area (Å²) in [5, 5.41) is 16.0. The summed E-state index contributed by atoms with van der Waals surface area (Å²) in [5.41, 5.74) is 1.82. The van der Waals surface area contributed by atoms with Crippen LogP contribution in [0.5, 0.6) is 0 Å². The number of fused-ring (bicyclic) bond motifs is 1. The molecular weight excluding hydrogens is 416 g/mol. The second-order valence-corrected chi connectivity index (χ2v) is 8.44. The summed E-state index contributed by atoms with van der Waals surface area (Å²) >= 11 is 1.49. The molecule has 1 aliphatic heterocycles. The monoisotopic (exact) mass is 436 g/mol. The number of rotatable bonds is 5. The molecule has 0 saturated carbocycles. The van der Waals surface area contributed by atoms with Crippen LogP contribution in [0.4, 0.5) is 10.8 Å². The Morgan fingerprint density at radius 2 is 1.87 bits per heavy atom. The van der Waals surface area contributed by atoms with Crippen LogP contribution in [-0.4, -0.2) is 51.1 Å². The molecule has 3 heterocycles. The largest absolute Gasteiger partial charge is 0.345 e. The Labute approximate surface area is 182 Å². The molecule has 10 heteroatoms. The molecular formula is C21H20N6O3S. The maximum Gasteiger partial charge on any atom is 0.270 e. The number of aromatic nitrogens is 3. The van der Waals surface area contributed by atoms with Crippen molar-refractivity contribution in [3.05, 3.63) is 64.5 Å². The van der Waals surface area contributed by atoms with Gasteiger partial charge in [0.1, 0.15) is 0 Å². The Morgan fingerprint density at radius 1 is 1.10 bits per heavy atom. The Kier molecular flexibility index (Phi) is 5.08. The smallest absolute Gasteiger partial charge is 0.270 e. The molecule has 1 fully saturated rings. The highest BCUT2D eigenvalue weighted by Crippen LogP contribution is 2.32. The highest BCUT2D eigenvalue weighted by Gasteiger charge is 2.27. The highest BCUT2D eigenvalue weighted by molar-refractivity contribution is 7.22. The molecule has 1 atom stereocenters. The van der Waals surface area contributed by atoms with Gasteiger partial charge < -0.3 is 9.42 Å². The SMILES string of the molecule is CC(c1nc(-c2ccccc2)no1)N1CCN(c2nc3ccc([N+](=O)[O-])cc3s2)CC1. The average molecular weight is 436 g/mol. The normalized spacial score (nSPS) is 16.0. The fourth-order valence-corrected chi connectivity index (χ4v) is 4.77. The number of nitrogens with zero attached hydrogens (tertiary/aromatic N) is 6. The molecule has 2 aromatic heterocycles. The van der Waals surface area contributed by atoms with Crippen LogP contribution in [-0.2, 0) is 0 Å². The molecule has 0 aliphatic carbocycles. The maximum atomic E-state index is 11.0. The van der Waals surface area contributed by atoms with Gasteiger partial charge in [0.15, 0.2) is 5.13 Å². The number of nitro groups is 1. The van der Waals surface area contributed by atoms with E-state index in [1.807, 2.05) is 30.3 Å². The molecule has 1 aliphatic rings. The van der Waals surface area contributed by atoms with E-state index in [1.54, 1.807) is 12.1 Å². The minimum absolute atomic E-state index is 0.0186. The zero-order valence-electron chi connectivity index (χ0n) is 16.8. The van der Waals surface area contributed by atoms with Crippen LogP contribution in [0.2, 0.25) is 0 Å². The fourth-order valence-electron chi connectivity index (χ4n) is 3.72. The standard InChI is InChI=1S/C21H20N6O3S/c1-14(20-23-19(24-30-20)15-5-3-2-4-6-15)25-9-11-26(12-10-25)21-22-17-8-7-16(27(28)29)13-18(17)31-21/h2-8,13-14H,9-12H2,1H3. The Bertz CT molecular complexity index is 1220. The topological polar surface area (TPSA) is 101 Å². The number of non-ortho nitro benzene ring substituents is 1. The molecule has 0 amide bonds. The lowest BCUT2D eigenvalue weighted by atomic mass is 10.2. The summed E-state index contributed by atoms with van der Waals surface area (Å²) in [4.78, 5) is 24.4. The van der Waals surface area contributed by atoms with Gasteiger partial charge in [-0.3, -0.25) is 15.0 Å². The Morgan fingerprint density at radius 3 is 2.61 bits per heavy atom. The van der Waals surface area contributed by atoms with Gasteiger partial charge in [-0.25, -0.2) is 4.98 Å². The molecule has 2 aromatic carbocycles. The van der Waals surface area contributed by atoms with Crippen molar-refractivity contribution in [2.75, 3.05) is 31.1 Å². The van der Waals surface area contributed by atoms with E-state index in [2.05, 4.69) is 31.8 Å². The van der Waals surface area contributed by atoms with Gasteiger partial charge in [0.2, 0.25) is 11.7 Å². The summed E-state index contributed by atoms with van der Waals surface area (Å²) in [6, 6.07) is 14.6. The van der Waals surface area contributed by atoms with Gasteiger partial charge in [-0.2, -0.15) is 4.98 Å². The number of hydrogen-bond acceptors (Lipinski definition) is 9. The predicted molar refractivity (Wildman–Crippen MR) is 118 cm³/mol. The van der Waals surface area contributed by atoms with E-state index in [0.717, 1.165) is 47.1 Å². The van der Waals surface area contributed by atoms with Crippen LogP contribution in [0, 0.1) is 10.1 Å². The number of piperazine rings is 1. The summed E-state index contributed by atoms with van der Waals surface area (Å²) in [6.07, 6.45) is 0. The van der Waals surface area contributed by atoms with Crippen molar-refractivity contribution in [2.45, 2.75) is 13.0 Å². The molecule has 0 N–H and O–H groups in total. The van der Waals surface area contributed by atoms with Gasteiger partial charge in [-0.1, -0.05) is 46.8 Å². The fraction of sp³-hybridized carbons (Fsp3) is 0.286. The zero-order chi connectivity index (χ0) is 21.4. The van der Waals surface area contributed by atoms with Crippen LogP contribution in [0.3, 0.4) is 0 Å². The number of benzene rings is 2. The Balaban J connectivity index is 1.25. The number of nitro benzene ring substituents is 1. The average Bonchev–Trinajstić information content (AvgIpc) is 3.46. The van der Waals surface area contributed by atoms with E-state index >= 15 is 0 Å². The van der Waals surface area contributed by atoms with E-state index in [-0.39, 0.29) is 16.7 Å². The van der Waals surface area contributed by atoms with Crippen molar-refractivity contribution < 1.29 is 9.45 Å². The van der Waals surface area contributed by atoms with E-state index in [0.29, 0.717) is 11.7 Å². The molecule has 0 bridgehead atoms. The van der Waals surface area contributed by atoms with E-state index < -0.39 is 0 Å². The molecule has 9 nitrogen and oxygen atoms in total. The quantitative estimate of drug-likeness (QED) is 0.340. The van der Waals surface area contributed by atoms with E-state index in [9.17, 15) is 10.1 Å². The van der Waals surface area contributed by atoms with E-state index in [4.69, 9.17) is 4.52 Å². The second-order valence-electron chi connectivity index (χ2n) is 7.43. The van der Waals surface area contributed by atoms with Gasteiger partial charge in [-0.15, -0.1) is 0 Å². The lowest BCUT2D eigenvalue weighted by molar-refractivity contribution is -0.384. The molecule has 1 saturated heterocycles. The minimum Gasteiger partial charge on any atom is -0.345 e. The van der Waals surface area contributed by atoms with Crippen LogP contribution < -0.4 is 4.90 Å². The van der Waals surface area contributed by atoms with Crippen LogP contribution in [0.15, 0.2) is 53.1 Å². The van der Waals surface area contributed by atoms with Gasteiger partial charge in [-0.05, 0) is 13.0 Å². The molecule has 0 spiro atoms. The first-order valence-corrected chi connectivity index (χ1v) is 10.8. The van der Waals surface area contributed by atoms with Gasteiger partial charge in [0.05, 0.1) is 21.2 Å². The first kappa shape index (κ1) is 19.6. The molecule has 31 heavy (non-hydrogen) atoms. The summed E-state index contributed by atoms with van der Waals surface area (Å²) in [5.74, 6) is 1.21. The summed E-state index contributed by atoms with van der Waals surface area (Å²) in [7, 11) is 0. The second kappa shape index (κ2) is 8.05. The van der Waals surface area contributed by atoms with Crippen LogP contribution in [0.25, 0.3) is 21.6 Å². The summed E-state index contributed by atoms with van der Waals surface area (Å²) in [6.45, 7) is 5.37. The zero-order valence-corrected chi connectivity index (χ0v) is 17.7. The number of anilines is 1. The third-order valence-electron chi connectivity index (χ3n) is 5.54. The van der Waals surface area contributed by atoms with Gasteiger partial charge in [0.25, 0.3) is 5.69 Å². The Hall–Kier alpha value is -3.37. The first-order valence-electron chi connectivity index (χ1n) is 10.0. The molecule has 4 aromatic rings. The number of thiazole rings is 1. The van der Waals surface area contributed by atoms with Crippen LogP contribution in [0.1, 0.15) is 18.9 Å². The molecule has 1 unspecified atom stereocenters. The van der Waals surface area contributed by atoms with Gasteiger partial charge in [0, 0.05) is 43.9 Å². The lowest BCUT2D eigenvalue weighted by Crippen LogP contribution is -2.47. The van der Waals surface area contributed by atoms with Crippen molar-refractivity contribution >= 4 is 32.4 Å². The molecule has 5 rings (SSSR count). The predicted octanol–water partition coefficient (Wildman–Crippen LogP) is 4.14. The lowest BCUT2D eigenvalue weighted by Gasteiger charge is -2.36. The van der Waals surface area contributed by atoms with Crippen molar-refractivity contribution in [1.82, 2.24) is 20.0 Å². The highest BCUT2D eigenvalue weighted by atomic mass is 32.1. The summed E-state index contributed by atoms with van der Waals surface area (Å²) < 4.78 is 6.37. The minimum atomic E-state index is -0.375. The third kappa shape index (κ3) is 3.87. The number of hydrogen-bond donors (Lipinski definition) is 0. The molecule has 0 radical (unpaired) electrons. The van der Waals surface area contributed by atoms with Crippen LogP contribution >= 0.6 is 11.3 Å². The third-order valence-corrected chi connectivity index (χ3v) is 6.61. The van der Waals surface area contributed by atoms with Crippen molar-refractivity contribution in [2.24, 2.45) is 0 Å². The van der Waals surface area contributed by atoms with Crippen molar-refractivity contribution in [3.63, 3.8) is 0 Å². The van der Waals surface area contributed by atoms with Crippen molar-refractivity contribution in [1.29, 1.82) is 0 Å². The van der Waals surface area contributed by atoms with E-state index in [1.165, 1.54) is 17.4 Å². The van der Waals surface area contributed by atoms with Gasteiger partial charge >= 0.3 is 0 Å². The molecule has 158 valence electrons. The first-order chi connectivity index (χ1) is 15.1.